The van der Waals surface area contributed by atoms with Crippen LogP contribution in [0.3, 0.4) is 0 Å². The maximum absolute atomic E-state index is 12.3. The predicted octanol–water partition coefficient (Wildman–Crippen LogP) is 3.85. The van der Waals surface area contributed by atoms with Gasteiger partial charge in [-0.05, 0) is 13.0 Å². The van der Waals surface area contributed by atoms with Crippen molar-refractivity contribution in [1.82, 2.24) is 4.98 Å². The smallest absolute Gasteiger partial charge is 0.170 e. The summed E-state index contributed by atoms with van der Waals surface area (Å²) in [7, 11) is 0. The van der Waals surface area contributed by atoms with Crippen LogP contribution in [0.5, 0.6) is 0 Å². The fourth-order valence-electron chi connectivity index (χ4n) is 3.19. The van der Waals surface area contributed by atoms with Crippen molar-refractivity contribution in [2.24, 2.45) is 11.1 Å². The molecule has 4 nitrogen and oxygen atoms in total. The van der Waals surface area contributed by atoms with Gasteiger partial charge in [-0.25, -0.2) is 0 Å². The number of carbonyl (C=O) groups is 1. The highest BCUT2D eigenvalue weighted by molar-refractivity contribution is 6.14. The summed E-state index contributed by atoms with van der Waals surface area (Å²) < 4.78 is 0. The van der Waals surface area contributed by atoms with E-state index in [-0.39, 0.29) is 11.9 Å². The van der Waals surface area contributed by atoms with Gasteiger partial charge in [0, 0.05) is 28.2 Å². The molecule has 0 radical (unpaired) electrons. The number of carbonyl (C=O) groups excluding carboxylic acids is 1. The van der Waals surface area contributed by atoms with Gasteiger partial charge in [-0.1, -0.05) is 53.7 Å². The Morgan fingerprint density at radius 1 is 1.09 bits per heavy atom. The number of ketones is 1. The molecule has 0 amide bonds. The molecular weight excluding hydrogens is 288 g/mol. The zero-order valence-corrected chi connectivity index (χ0v) is 12.7. The van der Waals surface area contributed by atoms with E-state index >= 15 is 0 Å². The lowest BCUT2D eigenvalue weighted by molar-refractivity contribution is -0.121. The number of para-hydroxylation sites is 1. The molecule has 2 atom stereocenters. The molecule has 1 aliphatic rings. The lowest BCUT2D eigenvalue weighted by Crippen LogP contribution is -2.25. The Kier molecular flexibility index (Phi) is 3.23. The average molecular weight is 304 g/mol. The monoisotopic (exact) mass is 304 g/mol. The molecule has 1 aromatic heterocycles. The van der Waals surface area contributed by atoms with E-state index in [1.165, 1.54) is 0 Å². The number of rotatable bonds is 3. The van der Waals surface area contributed by atoms with E-state index in [4.69, 9.17) is 4.84 Å². The van der Waals surface area contributed by atoms with E-state index < -0.39 is 5.92 Å². The number of nitrogens with zero attached hydrogens (tertiary/aromatic N) is 1. The molecule has 1 aliphatic heterocycles. The Balaban J connectivity index is 1.78. The van der Waals surface area contributed by atoms with Crippen LogP contribution in [-0.4, -0.2) is 16.5 Å². The predicted molar refractivity (Wildman–Crippen MR) is 89.3 cm³/mol. The summed E-state index contributed by atoms with van der Waals surface area (Å²) in [4.78, 5) is 21.2. The van der Waals surface area contributed by atoms with Gasteiger partial charge in [-0.2, -0.15) is 0 Å². The summed E-state index contributed by atoms with van der Waals surface area (Å²) in [6.45, 7) is 1.60. The van der Waals surface area contributed by atoms with Crippen LogP contribution in [0.15, 0.2) is 65.9 Å². The second-order valence-electron chi connectivity index (χ2n) is 5.75. The number of nitrogens with one attached hydrogen (secondary N) is 1. The second kappa shape index (κ2) is 5.39. The first-order valence-corrected chi connectivity index (χ1v) is 7.61. The highest BCUT2D eigenvalue weighted by Crippen LogP contribution is 2.38. The van der Waals surface area contributed by atoms with Crippen molar-refractivity contribution < 1.29 is 9.63 Å². The third-order valence-corrected chi connectivity index (χ3v) is 4.30. The van der Waals surface area contributed by atoms with E-state index in [1.807, 2.05) is 60.8 Å². The average Bonchev–Trinajstić information content (AvgIpc) is 3.19. The molecule has 0 fully saturated rings. The van der Waals surface area contributed by atoms with Crippen LogP contribution in [0, 0.1) is 5.92 Å². The topological polar surface area (TPSA) is 54.4 Å². The third-order valence-electron chi connectivity index (χ3n) is 4.30. The molecule has 4 rings (SSSR count). The molecule has 2 heterocycles. The molecule has 0 saturated carbocycles. The Hall–Kier alpha value is -2.88. The first-order valence-electron chi connectivity index (χ1n) is 7.61. The molecule has 0 spiro atoms. The van der Waals surface area contributed by atoms with Crippen LogP contribution in [0.25, 0.3) is 10.9 Å². The van der Waals surface area contributed by atoms with Crippen molar-refractivity contribution in [3.05, 3.63) is 71.9 Å². The molecule has 2 aromatic carbocycles. The van der Waals surface area contributed by atoms with E-state index in [2.05, 4.69) is 10.1 Å². The van der Waals surface area contributed by atoms with E-state index in [0.717, 1.165) is 22.0 Å². The van der Waals surface area contributed by atoms with Crippen molar-refractivity contribution in [3.8, 4) is 0 Å². The highest BCUT2D eigenvalue weighted by atomic mass is 16.6. The largest absolute Gasteiger partial charge is 0.386 e. The van der Waals surface area contributed by atoms with Crippen molar-refractivity contribution >= 4 is 22.4 Å². The van der Waals surface area contributed by atoms with Crippen molar-refractivity contribution in [2.75, 3.05) is 0 Å². The molecule has 3 aromatic rings. The number of hydrogen-bond donors (Lipinski definition) is 1. The first kappa shape index (κ1) is 13.8. The van der Waals surface area contributed by atoms with E-state index in [0.29, 0.717) is 5.71 Å². The van der Waals surface area contributed by atoms with Crippen LogP contribution >= 0.6 is 0 Å². The Morgan fingerprint density at radius 3 is 2.61 bits per heavy atom. The van der Waals surface area contributed by atoms with E-state index in [9.17, 15) is 4.79 Å². The van der Waals surface area contributed by atoms with Crippen LogP contribution in [0.1, 0.15) is 24.2 Å². The van der Waals surface area contributed by atoms with Crippen LogP contribution in [0.4, 0.5) is 0 Å². The van der Waals surface area contributed by atoms with Gasteiger partial charge >= 0.3 is 0 Å². The molecular formula is C19H16N2O2. The maximum Gasteiger partial charge on any atom is 0.170 e. The molecule has 2 unspecified atom stereocenters. The Morgan fingerprint density at radius 2 is 1.83 bits per heavy atom. The zero-order valence-electron chi connectivity index (χ0n) is 12.7. The van der Waals surface area contributed by atoms with Gasteiger partial charge in [-0.15, -0.1) is 0 Å². The summed E-state index contributed by atoms with van der Waals surface area (Å²) in [6.07, 6.45) is 1.52. The molecule has 1 N–H and O–H groups in total. The number of fused-ring (bicyclic) bond motifs is 1. The summed E-state index contributed by atoms with van der Waals surface area (Å²) in [5.41, 5.74) is 3.63. The Labute approximate surface area is 133 Å². The Bertz CT molecular complexity index is 896. The molecule has 0 saturated heterocycles. The minimum Gasteiger partial charge on any atom is -0.386 e. The van der Waals surface area contributed by atoms with Crippen molar-refractivity contribution in [1.29, 1.82) is 0 Å². The number of hydrogen-bond acceptors (Lipinski definition) is 3. The van der Waals surface area contributed by atoms with E-state index in [1.54, 1.807) is 6.92 Å². The molecule has 114 valence electrons. The van der Waals surface area contributed by atoms with Gasteiger partial charge < -0.3 is 9.82 Å². The van der Waals surface area contributed by atoms with Crippen molar-refractivity contribution in [2.45, 2.75) is 13.0 Å². The van der Waals surface area contributed by atoms with Gasteiger partial charge in [0.15, 0.2) is 6.10 Å². The fourth-order valence-corrected chi connectivity index (χ4v) is 3.19. The number of Topliss-reactive ketones (excluding diaryl/α,β-unsaturated/α-hetero) is 1. The molecule has 0 bridgehead atoms. The van der Waals surface area contributed by atoms with Crippen LogP contribution in [-0.2, 0) is 9.63 Å². The van der Waals surface area contributed by atoms with Gasteiger partial charge in [0.05, 0.1) is 0 Å². The quantitative estimate of drug-likeness (QED) is 0.799. The number of oxime groups is 1. The summed E-state index contributed by atoms with van der Waals surface area (Å²) in [5, 5.41) is 5.30. The minimum absolute atomic E-state index is 0.0559. The normalized spacial score (nSPS) is 20.3. The lowest BCUT2D eigenvalue weighted by Gasteiger charge is -2.16. The van der Waals surface area contributed by atoms with Crippen LogP contribution in [0.2, 0.25) is 0 Å². The first-order chi connectivity index (χ1) is 11.3. The van der Waals surface area contributed by atoms with Crippen molar-refractivity contribution in [3.63, 3.8) is 0 Å². The maximum atomic E-state index is 12.3. The summed E-state index contributed by atoms with van der Waals surface area (Å²) in [6, 6.07) is 17.7. The number of benzene rings is 2. The molecule has 0 aliphatic carbocycles. The molecule has 4 heteroatoms. The third kappa shape index (κ3) is 2.23. The summed E-state index contributed by atoms with van der Waals surface area (Å²) in [5.74, 6) is -0.336. The molecule has 23 heavy (non-hydrogen) atoms. The highest BCUT2D eigenvalue weighted by Gasteiger charge is 2.40. The summed E-state index contributed by atoms with van der Waals surface area (Å²) >= 11 is 0. The number of H-pyrrole nitrogens is 1. The van der Waals surface area contributed by atoms with Crippen LogP contribution < -0.4 is 0 Å². The number of aromatic amines is 1. The SMILES string of the molecule is CC(=O)C1C(c2ccccc2)=NOC1c1c[nH]c2ccccc12. The second-order valence-corrected chi connectivity index (χ2v) is 5.75. The van der Waals surface area contributed by atoms with Gasteiger partial charge in [0.25, 0.3) is 0 Å². The minimum atomic E-state index is -0.392. The standard InChI is InChI=1S/C19H16N2O2/c1-12(22)17-18(13-7-3-2-4-8-13)21-23-19(17)15-11-20-16-10-6-5-9-14(15)16/h2-11,17,19-20H,1H3. The zero-order chi connectivity index (χ0) is 15.8. The van der Waals surface area contributed by atoms with Gasteiger partial charge in [-0.3, -0.25) is 4.79 Å². The van der Waals surface area contributed by atoms with Gasteiger partial charge in [0.1, 0.15) is 17.4 Å². The number of aromatic nitrogens is 1. The fraction of sp³-hybridized carbons (Fsp3) is 0.158. The lowest BCUT2D eigenvalue weighted by atomic mass is 9.86. The van der Waals surface area contributed by atoms with Gasteiger partial charge in [0.2, 0.25) is 0 Å².